The lowest BCUT2D eigenvalue weighted by Gasteiger charge is -2.44. The number of H-pyrrole nitrogens is 1. The first-order chi connectivity index (χ1) is 11.7. The summed E-state index contributed by atoms with van der Waals surface area (Å²) in [6.07, 6.45) is 2.40. The van der Waals surface area contributed by atoms with Gasteiger partial charge in [-0.15, -0.1) is 0 Å². The molecule has 1 atom stereocenters. The summed E-state index contributed by atoms with van der Waals surface area (Å²) in [4.78, 5) is 18.1. The van der Waals surface area contributed by atoms with Crippen LogP contribution in [0.4, 0.5) is 0 Å². The van der Waals surface area contributed by atoms with Crippen LogP contribution in [0.2, 0.25) is 0 Å². The zero-order valence-electron chi connectivity index (χ0n) is 13.9. The summed E-state index contributed by atoms with van der Waals surface area (Å²) in [6.45, 7) is 5.33. The van der Waals surface area contributed by atoms with Gasteiger partial charge < -0.3 is 19.9 Å². The number of rotatable bonds is 4. The van der Waals surface area contributed by atoms with Crippen LogP contribution in [0.25, 0.3) is 0 Å². The lowest BCUT2D eigenvalue weighted by Crippen LogP contribution is -2.57. The number of hydrogen-bond acceptors (Lipinski definition) is 3. The number of ether oxygens (including phenoxy) is 1. The van der Waals surface area contributed by atoms with E-state index in [4.69, 9.17) is 4.74 Å². The van der Waals surface area contributed by atoms with Crippen molar-refractivity contribution in [2.24, 2.45) is 5.92 Å². The summed E-state index contributed by atoms with van der Waals surface area (Å²) >= 11 is 0. The molecule has 24 heavy (non-hydrogen) atoms. The molecule has 0 unspecified atom stereocenters. The van der Waals surface area contributed by atoms with Crippen molar-refractivity contribution >= 4 is 5.91 Å². The summed E-state index contributed by atoms with van der Waals surface area (Å²) in [5, 5.41) is 3.21. The first-order valence-electron chi connectivity index (χ1n) is 8.64. The highest BCUT2D eigenvalue weighted by atomic mass is 16.5. The lowest BCUT2D eigenvalue weighted by molar-refractivity contribution is 0.0620. The van der Waals surface area contributed by atoms with Gasteiger partial charge in [-0.3, -0.25) is 4.79 Å². The maximum atomic E-state index is 12.5. The van der Waals surface area contributed by atoms with Crippen molar-refractivity contribution in [1.29, 1.82) is 0 Å². The molecule has 1 aromatic carbocycles. The molecule has 5 nitrogen and oxygen atoms in total. The Morgan fingerprint density at radius 1 is 1.17 bits per heavy atom. The zero-order valence-corrected chi connectivity index (χ0v) is 13.9. The van der Waals surface area contributed by atoms with Gasteiger partial charge in [-0.05, 0) is 69.1 Å². The number of aromatic nitrogens is 1. The third-order valence-corrected chi connectivity index (χ3v) is 5.12. The highest BCUT2D eigenvalue weighted by Gasteiger charge is 2.34. The smallest absolute Gasteiger partial charge is 0.251 e. The summed E-state index contributed by atoms with van der Waals surface area (Å²) in [5.74, 6) is 2.07. The average molecular weight is 325 g/mol. The summed E-state index contributed by atoms with van der Waals surface area (Å²) < 4.78 is 5.73. The SMILES string of the molecule is Cc1ccc(Oc2ccc(C(=O)N[C@H]3CN4CCC3CC4)cc2)[nH]1. The second-order valence-electron chi connectivity index (χ2n) is 6.85. The van der Waals surface area contributed by atoms with Crippen LogP contribution in [0.5, 0.6) is 11.6 Å². The Kier molecular flexibility index (Phi) is 4.02. The Labute approximate surface area is 142 Å². The summed E-state index contributed by atoms with van der Waals surface area (Å²) in [6, 6.07) is 11.5. The number of aromatic amines is 1. The molecule has 0 radical (unpaired) electrons. The first kappa shape index (κ1) is 15.3. The molecule has 1 aromatic heterocycles. The minimum absolute atomic E-state index is 0.0102. The Bertz CT molecular complexity index is 714. The number of carbonyl (C=O) groups is 1. The third-order valence-electron chi connectivity index (χ3n) is 5.12. The molecule has 2 bridgehead atoms. The molecule has 3 saturated heterocycles. The number of aryl methyl sites for hydroxylation is 1. The van der Waals surface area contributed by atoms with Gasteiger partial charge in [-0.2, -0.15) is 0 Å². The van der Waals surface area contributed by atoms with Crippen molar-refractivity contribution in [2.75, 3.05) is 19.6 Å². The Morgan fingerprint density at radius 3 is 2.50 bits per heavy atom. The molecule has 2 N–H and O–H groups in total. The van der Waals surface area contributed by atoms with Crippen molar-refractivity contribution in [3.8, 4) is 11.6 Å². The Hall–Kier alpha value is -2.27. The minimum atomic E-state index is 0.0102. The molecular formula is C19H23N3O2. The number of piperidine rings is 3. The van der Waals surface area contributed by atoms with Crippen LogP contribution < -0.4 is 10.1 Å². The van der Waals surface area contributed by atoms with Crippen LogP contribution >= 0.6 is 0 Å². The molecule has 0 saturated carbocycles. The third kappa shape index (κ3) is 3.17. The van der Waals surface area contributed by atoms with Crippen molar-refractivity contribution in [2.45, 2.75) is 25.8 Å². The molecule has 5 heteroatoms. The van der Waals surface area contributed by atoms with Crippen LogP contribution in [-0.2, 0) is 0 Å². The molecule has 0 aliphatic carbocycles. The second kappa shape index (κ2) is 6.32. The van der Waals surface area contributed by atoms with Gasteiger partial charge in [0.25, 0.3) is 5.91 Å². The topological polar surface area (TPSA) is 57.4 Å². The number of nitrogens with zero attached hydrogens (tertiary/aromatic N) is 1. The number of benzene rings is 1. The van der Waals surface area contributed by atoms with Gasteiger partial charge in [0.1, 0.15) is 5.75 Å². The second-order valence-corrected chi connectivity index (χ2v) is 6.85. The standard InChI is InChI=1S/C19H23N3O2/c1-13-2-7-18(20-13)24-16-5-3-15(4-6-16)19(23)21-17-12-22-10-8-14(17)9-11-22/h2-7,14,17,20H,8-12H2,1H3,(H,21,23)/t17-/m0/s1. The monoisotopic (exact) mass is 325 g/mol. The lowest BCUT2D eigenvalue weighted by atomic mass is 9.84. The molecule has 2 aromatic rings. The number of nitrogens with one attached hydrogen (secondary N) is 2. The molecule has 5 rings (SSSR count). The van der Waals surface area contributed by atoms with Crippen molar-refractivity contribution in [1.82, 2.24) is 15.2 Å². The fourth-order valence-corrected chi connectivity index (χ4v) is 3.72. The fraction of sp³-hybridized carbons (Fsp3) is 0.421. The van der Waals surface area contributed by atoms with Crippen LogP contribution in [0.1, 0.15) is 28.9 Å². The van der Waals surface area contributed by atoms with Gasteiger partial charge >= 0.3 is 0 Å². The van der Waals surface area contributed by atoms with E-state index in [9.17, 15) is 4.79 Å². The highest BCUT2D eigenvalue weighted by molar-refractivity contribution is 5.94. The Balaban J connectivity index is 1.38. The van der Waals surface area contributed by atoms with Crippen LogP contribution in [0, 0.1) is 12.8 Å². The predicted octanol–water partition coefficient (Wildman–Crippen LogP) is 2.94. The summed E-state index contributed by atoms with van der Waals surface area (Å²) in [5.41, 5.74) is 1.74. The highest BCUT2D eigenvalue weighted by Crippen LogP contribution is 2.28. The predicted molar refractivity (Wildman–Crippen MR) is 92.5 cm³/mol. The van der Waals surface area contributed by atoms with Crippen molar-refractivity contribution in [3.63, 3.8) is 0 Å². The van der Waals surface area contributed by atoms with Crippen molar-refractivity contribution < 1.29 is 9.53 Å². The molecular weight excluding hydrogens is 302 g/mol. The maximum Gasteiger partial charge on any atom is 0.251 e. The number of fused-ring (bicyclic) bond motifs is 3. The van der Waals surface area contributed by atoms with Crippen LogP contribution in [0.15, 0.2) is 36.4 Å². The zero-order chi connectivity index (χ0) is 16.5. The first-order valence-corrected chi connectivity index (χ1v) is 8.64. The van der Waals surface area contributed by atoms with Gasteiger partial charge in [0.05, 0.1) is 0 Å². The number of amides is 1. The van der Waals surface area contributed by atoms with Gasteiger partial charge in [0, 0.05) is 29.9 Å². The van der Waals surface area contributed by atoms with E-state index in [1.54, 1.807) is 0 Å². The maximum absolute atomic E-state index is 12.5. The van der Waals surface area contributed by atoms with E-state index in [-0.39, 0.29) is 11.9 Å². The molecule has 0 spiro atoms. The average Bonchev–Trinajstić information content (AvgIpc) is 3.01. The molecule has 3 aliphatic rings. The van der Waals surface area contributed by atoms with Crippen LogP contribution in [0.3, 0.4) is 0 Å². The normalized spacial score (nSPS) is 25.5. The van der Waals surface area contributed by atoms with Gasteiger partial charge in [0.15, 0.2) is 5.88 Å². The van der Waals surface area contributed by atoms with E-state index in [1.165, 1.54) is 25.9 Å². The molecule has 4 heterocycles. The van der Waals surface area contributed by atoms with E-state index in [0.717, 1.165) is 18.0 Å². The van der Waals surface area contributed by atoms with E-state index >= 15 is 0 Å². The number of hydrogen-bond donors (Lipinski definition) is 2. The van der Waals surface area contributed by atoms with E-state index in [0.29, 0.717) is 17.4 Å². The minimum Gasteiger partial charge on any atom is -0.441 e. The Morgan fingerprint density at radius 2 is 1.92 bits per heavy atom. The fourth-order valence-electron chi connectivity index (χ4n) is 3.72. The van der Waals surface area contributed by atoms with Gasteiger partial charge in [0.2, 0.25) is 0 Å². The molecule has 3 aliphatic heterocycles. The van der Waals surface area contributed by atoms with E-state index in [1.807, 2.05) is 43.3 Å². The van der Waals surface area contributed by atoms with Crippen LogP contribution in [-0.4, -0.2) is 41.5 Å². The van der Waals surface area contributed by atoms with E-state index in [2.05, 4.69) is 15.2 Å². The summed E-state index contributed by atoms with van der Waals surface area (Å²) in [7, 11) is 0. The molecule has 3 fully saturated rings. The van der Waals surface area contributed by atoms with Crippen molar-refractivity contribution in [3.05, 3.63) is 47.7 Å². The largest absolute Gasteiger partial charge is 0.441 e. The van der Waals surface area contributed by atoms with Gasteiger partial charge in [-0.1, -0.05) is 0 Å². The molecule has 126 valence electrons. The van der Waals surface area contributed by atoms with E-state index < -0.39 is 0 Å². The quantitative estimate of drug-likeness (QED) is 0.909. The molecule has 1 amide bonds. The number of carbonyl (C=O) groups excluding carboxylic acids is 1. The van der Waals surface area contributed by atoms with Gasteiger partial charge in [-0.25, -0.2) is 0 Å².